The van der Waals surface area contributed by atoms with Crippen LogP contribution in [0.4, 0.5) is 0 Å². The molecule has 1 aliphatic heterocycles. The van der Waals surface area contributed by atoms with Gasteiger partial charge < -0.3 is 10.1 Å². The number of hydrogen-bond donors (Lipinski definition) is 1. The summed E-state index contributed by atoms with van der Waals surface area (Å²) < 4.78 is 5.49. The third kappa shape index (κ3) is 3.14. The van der Waals surface area contributed by atoms with Crippen LogP contribution in [0.5, 0.6) is 5.75 Å². The van der Waals surface area contributed by atoms with Crippen molar-refractivity contribution >= 4 is 11.6 Å². The van der Waals surface area contributed by atoms with Crippen LogP contribution in [0.3, 0.4) is 0 Å². The van der Waals surface area contributed by atoms with Crippen LogP contribution < -0.4 is 10.1 Å². The molecule has 17 heavy (non-hydrogen) atoms. The fourth-order valence-corrected chi connectivity index (χ4v) is 2.95. The molecule has 1 saturated heterocycles. The van der Waals surface area contributed by atoms with Gasteiger partial charge in [0, 0.05) is 5.02 Å². The Kier molecular flexibility index (Phi) is 4.30. The molecule has 1 atom stereocenters. The molecule has 0 aromatic heterocycles. The molecule has 0 aliphatic carbocycles. The number of nitrogens with one attached hydrogen (secondary N) is 1. The van der Waals surface area contributed by atoms with E-state index in [1.807, 2.05) is 19.1 Å². The lowest BCUT2D eigenvalue weighted by molar-refractivity contribution is 0.363. The van der Waals surface area contributed by atoms with E-state index in [-0.39, 0.29) is 0 Å². The Balaban J connectivity index is 2.18. The number of piperidine rings is 1. The minimum atomic E-state index is 0.704. The van der Waals surface area contributed by atoms with Crippen LogP contribution >= 0.6 is 11.6 Å². The smallest absolute Gasteiger partial charge is 0.125 e. The monoisotopic (exact) mass is 253 g/mol. The molecule has 0 radical (unpaired) electrons. The highest BCUT2D eigenvalue weighted by atomic mass is 35.5. The third-order valence-corrected chi connectivity index (χ3v) is 3.65. The van der Waals surface area contributed by atoms with E-state index in [0.29, 0.717) is 5.92 Å². The summed E-state index contributed by atoms with van der Waals surface area (Å²) >= 11 is 6.13. The molecule has 0 bridgehead atoms. The van der Waals surface area contributed by atoms with Gasteiger partial charge in [0.15, 0.2) is 0 Å². The largest absolute Gasteiger partial charge is 0.496 e. The lowest BCUT2D eigenvalue weighted by Gasteiger charge is -2.24. The summed E-state index contributed by atoms with van der Waals surface area (Å²) in [6.07, 6.45) is 3.62. The summed E-state index contributed by atoms with van der Waals surface area (Å²) in [7, 11) is 1.73. The van der Waals surface area contributed by atoms with Crippen molar-refractivity contribution in [3.63, 3.8) is 0 Å². The quantitative estimate of drug-likeness (QED) is 0.893. The SMILES string of the molecule is COc1c(C)cc(Cl)cc1CC1CCCNC1. The first-order chi connectivity index (χ1) is 8.20. The molecule has 1 aliphatic rings. The van der Waals surface area contributed by atoms with Crippen molar-refractivity contribution in [2.45, 2.75) is 26.2 Å². The fourth-order valence-electron chi connectivity index (χ4n) is 2.65. The highest BCUT2D eigenvalue weighted by Gasteiger charge is 2.17. The van der Waals surface area contributed by atoms with Crippen molar-refractivity contribution in [2.24, 2.45) is 5.92 Å². The van der Waals surface area contributed by atoms with E-state index in [9.17, 15) is 0 Å². The molecular weight excluding hydrogens is 234 g/mol. The molecule has 1 heterocycles. The molecule has 1 aromatic rings. The second-order valence-electron chi connectivity index (χ2n) is 4.83. The molecule has 1 N–H and O–H groups in total. The minimum absolute atomic E-state index is 0.704. The first-order valence-electron chi connectivity index (χ1n) is 6.24. The summed E-state index contributed by atoms with van der Waals surface area (Å²) in [5.74, 6) is 1.70. The molecule has 1 aromatic carbocycles. The van der Waals surface area contributed by atoms with Crippen LogP contribution in [0.1, 0.15) is 24.0 Å². The standard InChI is InChI=1S/C14H20ClNO/c1-10-6-13(15)8-12(14(10)17-2)7-11-4-3-5-16-9-11/h6,8,11,16H,3-5,7,9H2,1-2H3. The zero-order chi connectivity index (χ0) is 12.3. The van der Waals surface area contributed by atoms with Gasteiger partial charge in [0.1, 0.15) is 5.75 Å². The van der Waals surface area contributed by atoms with E-state index in [0.717, 1.165) is 35.8 Å². The van der Waals surface area contributed by atoms with E-state index in [1.54, 1.807) is 7.11 Å². The molecule has 3 heteroatoms. The zero-order valence-electron chi connectivity index (χ0n) is 10.6. The second kappa shape index (κ2) is 5.74. The lowest BCUT2D eigenvalue weighted by Crippen LogP contribution is -2.30. The van der Waals surface area contributed by atoms with E-state index in [2.05, 4.69) is 5.32 Å². The molecular formula is C14H20ClNO. The Morgan fingerprint density at radius 1 is 1.47 bits per heavy atom. The molecule has 0 amide bonds. The lowest BCUT2D eigenvalue weighted by atomic mass is 9.91. The van der Waals surface area contributed by atoms with Gasteiger partial charge in [-0.1, -0.05) is 11.6 Å². The average Bonchev–Trinajstić information content (AvgIpc) is 2.30. The summed E-state index contributed by atoms with van der Waals surface area (Å²) in [4.78, 5) is 0. The normalized spacial score (nSPS) is 20.3. The Morgan fingerprint density at radius 2 is 2.29 bits per heavy atom. The number of methoxy groups -OCH3 is 1. The summed E-state index contributed by atoms with van der Waals surface area (Å²) in [5, 5.41) is 4.26. The van der Waals surface area contributed by atoms with Gasteiger partial charge in [0.05, 0.1) is 7.11 Å². The van der Waals surface area contributed by atoms with Crippen LogP contribution in [0.2, 0.25) is 5.02 Å². The molecule has 2 rings (SSSR count). The van der Waals surface area contributed by atoms with Crippen molar-refractivity contribution in [1.82, 2.24) is 5.32 Å². The van der Waals surface area contributed by atoms with Gasteiger partial charge in [0.2, 0.25) is 0 Å². The van der Waals surface area contributed by atoms with Gasteiger partial charge in [0.25, 0.3) is 0 Å². The van der Waals surface area contributed by atoms with Crippen molar-refractivity contribution in [3.05, 3.63) is 28.3 Å². The fraction of sp³-hybridized carbons (Fsp3) is 0.571. The topological polar surface area (TPSA) is 21.3 Å². The Hall–Kier alpha value is -0.730. The number of hydrogen-bond acceptors (Lipinski definition) is 2. The van der Waals surface area contributed by atoms with Crippen LogP contribution in [0.15, 0.2) is 12.1 Å². The predicted octanol–water partition coefficient (Wildman–Crippen LogP) is 3.20. The zero-order valence-corrected chi connectivity index (χ0v) is 11.3. The van der Waals surface area contributed by atoms with Crippen molar-refractivity contribution in [2.75, 3.05) is 20.2 Å². The minimum Gasteiger partial charge on any atom is -0.496 e. The maximum absolute atomic E-state index is 6.13. The first-order valence-corrected chi connectivity index (χ1v) is 6.62. The van der Waals surface area contributed by atoms with E-state index < -0.39 is 0 Å². The number of benzene rings is 1. The van der Waals surface area contributed by atoms with Gasteiger partial charge in [-0.3, -0.25) is 0 Å². The maximum atomic E-state index is 6.13. The average molecular weight is 254 g/mol. The van der Waals surface area contributed by atoms with Crippen LogP contribution in [0, 0.1) is 12.8 Å². The van der Waals surface area contributed by atoms with Crippen molar-refractivity contribution in [3.8, 4) is 5.75 Å². The molecule has 94 valence electrons. The summed E-state index contributed by atoms with van der Waals surface area (Å²) in [6, 6.07) is 4.00. The highest BCUT2D eigenvalue weighted by Crippen LogP contribution is 2.30. The first kappa shape index (κ1) is 12.7. The maximum Gasteiger partial charge on any atom is 0.125 e. The van der Waals surface area contributed by atoms with Crippen molar-refractivity contribution < 1.29 is 4.74 Å². The van der Waals surface area contributed by atoms with E-state index >= 15 is 0 Å². The summed E-state index contributed by atoms with van der Waals surface area (Å²) in [6.45, 7) is 4.31. The van der Waals surface area contributed by atoms with Gasteiger partial charge in [-0.05, 0) is 68.5 Å². The van der Waals surface area contributed by atoms with E-state index in [4.69, 9.17) is 16.3 Å². The number of aryl methyl sites for hydroxylation is 1. The Bertz CT molecular complexity index is 386. The van der Waals surface area contributed by atoms with Crippen LogP contribution in [-0.4, -0.2) is 20.2 Å². The molecule has 0 spiro atoms. The van der Waals surface area contributed by atoms with Gasteiger partial charge in [-0.15, -0.1) is 0 Å². The Morgan fingerprint density at radius 3 is 2.94 bits per heavy atom. The molecule has 2 nitrogen and oxygen atoms in total. The van der Waals surface area contributed by atoms with Crippen LogP contribution in [0.25, 0.3) is 0 Å². The predicted molar refractivity (Wildman–Crippen MR) is 72.0 cm³/mol. The van der Waals surface area contributed by atoms with Crippen molar-refractivity contribution in [1.29, 1.82) is 0 Å². The third-order valence-electron chi connectivity index (χ3n) is 3.43. The highest BCUT2D eigenvalue weighted by molar-refractivity contribution is 6.30. The molecule has 0 saturated carbocycles. The van der Waals surface area contributed by atoms with Crippen LogP contribution in [-0.2, 0) is 6.42 Å². The van der Waals surface area contributed by atoms with Gasteiger partial charge >= 0.3 is 0 Å². The molecule has 1 fully saturated rings. The van der Waals surface area contributed by atoms with Gasteiger partial charge in [-0.25, -0.2) is 0 Å². The number of rotatable bonds is 3. The second-order valence-corrected chi connectivity index (χ2v) is 5.27. The molecule has 1 unspecified atom stereocenters. The van der Waals surface area contributed by atoms with Gasteiger partial charge in [-0.2, -0.15) is 0 Å². The summed E-state index contributed by atoms with van der Waals surface area (Å²) in [5.41, 5.74) is 2.37. The van der Waals surface area contributed by atoms with E-state index in [1.165, 1.54) is 18.4 Å². The number of ether oxygens (including phenoxy) is 1. The Labute approximate surface area is 108 Å². The number of halogens is 1.